The molecule has 7 aromatic rings. The lowest BCUT2D eigenvalue weighted by molar-refractivity contribution is 0.305. The van der Waals surface area contributed by atoms with Gasteiger partial charge in [0.05, 0.1) is 29.1 Å². The summed E-state index contributed by atoms with van der Waals surface area (Å²) in [6.07, 6.45) is 6.85. The van der Waals surface area contributed by atoms with Gasteiger partial charge in [0.1, 0.15) is 23.9 Å². The fourth-order valence-electron chi connectivity index (χ4n) is 4.79. The van der Waals surface area contributed by atoms with Crippen LogP contribution in [0.15, 0.2) is 91.5 Å². The molecule has 2 N–H and O–H groups in total. The van der Waals surface area contributed by atoms with E-state index in [0.717, 1.165) is 44.4 Å². The Morgan fingerprint density at radius 3 is 2.67 bits per heavy atom. The number of pyridine rings is 3. The van der Waals surface area contributed by atoms with Gasteiger partial charge in [-0.25, -0.2) is 14.4 Å². The van der Waals surface area contributed by atoms with Crippen molar-refractivity contribution in [1.29, 1.82) is 0 Å². The third-order valence-electron chi connectivity index (χ3n) is 6.67. The van der Waals surface area contributed by atoms with E-state index in [1.54, 1.807) is 24.8 Å². The SMILES string of the molecule is Cc1cc(F)cc(-c2ccnc3nc(-c4n[nH]c5cnc(-c6cncc(OCc7ccccc7)c6)cc45)[nH]c23)c1. The molecule has 0 aliphatic carbocycles. The molecule has 8 nitrogen and oxygen atoms in total. The van der Waals surface area contributed by atoms with Crippen LogP contribution in [0.3, 0.4) is 0 Å². The van der Waals surface area contributed by atoms with Crippen LogP contribution in [-0.2, 0) is 6.61 Å². The van der Waals surface area contributed by atoms with Crippen molar-refractivity contribution >= 4 is 22.1 Å². The predicted octanol–water partition coefficient (Wildman–Crippen LogP) is 6.65. The number of halogens is 1. The first-order valence-corrected chi connectivity index (χ1v) is 12.7. The standard InChI is InChI=1S/C31H22FN7O/c1-18-9-20(11-22(32)10-18)24-7-8-34-30-28(24)36-31(37-30)29-25-13-26(35-16-27(25)38-39-29)21-12-23(15-33-14-21)40-17-19-5-3-2-4-6-19/h2-16H,17H2,1H3,(H,38,39)(H,34,36,37). The first kappa shape index (κ1) is 23.7. The zero-order chi connectivity index (χ0) is 27.1. The van der Waals surface area contributed by atoms with Gasteiger partial charge in [-0.05, 0) is 53.9 Å². The fraction of sp³-hybridized carbons (Fsp3) is 0.0645. The average molecular weight is 528 g/mol. The van der Waals surface area contributed by atoms with Crippen LogP contribution in [0.2, 0.25) is 0 Å². The molecule has 40 heavy (non-hydrogen) atoms. The zero-order valence-electron chi connectivity index (χ0n) is 21.4. The highest BCUT2D eigenvalue weighted by Gasteiger charge is 2.17. The van der Waals surface area contributed by atoms with Crippen LogP contribution >= 0.6 is 0 Å². The smallest absolute Gasteiger partial charge is 0.178 e. The molecule has 9 heteroatoms. The van der Waals surface area contributed by atoms with Crippen LogP contribution < -0.4 is 4.74 Å². The summed E-state index contributed by atoms with van der Waals surface area (Å²) in [6.45, 7) is 2.31. The third kappa shape index (κ3) is 4.43. The molecule has 0 saturated heterocycles. The molecule has 5 heterocycles. The van der Waals surface area contributed by atoms with E-state index in [0.29, 0.717) is 35.0 Å². The number of hydrogen-bond donors (Lipinski definition) is 2. The van der Waals surface area contributed by atoms with E-state index >= 15 is 0 Å². The number of aromatic amines is 2. The molecule has 2 aromatic carbocycles. The Hall–Kier alpha value is -5.44. The van der Waals surface area contributed by atoms with E-state index in [-0.39, 0.29) is 5.82 Å². The molecular weight excluding hydrogens is 505 g/mol. The molecule has 0 bridgehead atoms. The van der Waals surface area contributed by atoms with E-state index in [2.05, 4.69) is 30.1 Å². The summed E-state index contributed by atoms with van der Waals surface area (Å²) in [4.78, 5) is 21.5. The quantitative estimate of drug-likeness (QED) is 0.251. The van der Waals surface area contributed by atoms with Crippen LogP contribution in [0, 0.1) is 12.7 Å². The minimum Gasteiger partial charge on any atom is -0.487 e. The maximum absolute atomic E-state index is 14.2. The number of aryl methyl sites for hydroxylation is 1. The van der Waals surface area contributed by atoms with Crippen molar-refractivity contribution in [2.75, 3.05) is 0 Å². The summed E-state index contributed by atoms with van der Waals surface area (Å²) in [7, 11) is 0. The average Bonchev–Trinajstić information content (AvgIpc) is 3.60. The lowest BCUT2D eigenvalue weighted by atomic mass is 10.0. The van der Waals surface area contributed by atoms with E-state index in [1.165, 1.54) is 12.1 Å². The van der Waals surface area contributed by atoms with Gasteiger partial charge in [0.2, 0.25) is 0 Å². The van der Waals surface area contributed by atoms with Gasteiger partial charge in [-0.15, -0.1) is 0 Å². The largest absolute Gasteiger partial charge is 0.487 e. The summed E-state index contributed by atoms with van der Waals surface area (Å²) in [6, 6.07) is 20.6. The summed E-state index contributed by atoms with van der Waals surface area (Å²) >= 11 is 0. The van der Waals surface area contributed by atoms with Crippen molar-refractivity contribution in [2.24, 2.45) is 0 Å². The van der Waals surface area contributed by atoms with Crippen molar-refractivity contribution in [1.82, 2.24) is 35.1 Å². The Morgan fingerprint density at radius 1 is 0.900 bits per heavy atom. The number of fused-ring (bicyclic) bond motifs is 2. The molecule has 7 rings (SSSR count). The maximum atomic E-state index is 14.2. The van der Waals surface area contributed by atoms with Crippen LogP contribution in [0.1, 0.15) is 11.1 Å². The lowest BCUT2D eigenvalue weighted by Crippen LogP contribution is -1.96. The number of nitrogens with one attached hydrogen (secondary N) is 2. The van der Waals surface area contributed by atoms with Crippen molar-refractivity contribution < 1.29 is 9.13 Å². The van der Waals surface area contributed by atoms with Crippen LogP contribution in [-0.4, -0.2) is 35.1 Å². The second-order valence-corrected chi connectivity index (χ2v) is 9.53. The molecule has 0 aliphatic rings. The van der Waals surface area contributed by atoms with Gasteiger partial charge in [-0.1, -0.05) is 36.4 Å². The first-order chi connectivity index (χ1) is 19.6. The van der Waals surface area contributed by atoms with Crippen molar-refractivity contribution in [2.45, 2.75) is 13.5 Å². The lowest BCUT2D eigenvalue weighted by Gasteiger charge is -2.08. The highest BCUT2D eigenvalue weighted by atomic mass is 19.1. The van der Waals surface area contributed by atoms with E-state index < -0.39 is 0 Å². The predicted molar refractivity (Wildman–Crippen MR) is 151 cm³/mol. The molecule has 0 radical (unpaired) electrons. The second kappa shape index (κ2) is 9.70. The fourth-order valence-corrected chi connectivity index (χ4v) is 4.79. The molecule has 0 spiro atoms. The van der Waals surface area contributed by atoms with Crippen LogP contribution in [0.4, 0.5) is 4.39 Å². The van der Waals surface area contributed by atoms with E-state index in [9.17, 15) is 4.39 Å². The Labute approximate surface area is 228 Å². The number of imidazole rings is 1. The molecule has 194 valence electrons. The van der Waals surface area contributed by atoms with Gasteiger partial charge in [-0.3, -0.25) is 15.1 Å². The van der Waals surface area contributed by atoms with Gasteiger partial charge in [0.15, 0.2) is 11.5 Å². The Kier molecular flexibility index (Phi) is 5.74. The molecule has 0 aliphatic heterocycles. The molecule has 0 unspecified atom stereocenters. The minimum absolute atomic E-state index is 0.290. The Balaban J connectivity index is 1.25. The molecule has 0 saturated carbocycles. The Morgan fingerprint density at radius 2 is 1.80 bits per heavy atom. The molecule has 0 amide bonds. The molecule has 0 atom stereocenters. The highest BCUT2D eigenvalue weighted by Crippen LogP contribution is 2.32. The Bertz CT molecular complexity index is 1980. The number of H-pyrrole nitrogens is 2. The molecular formula is C31H22FN7O. The summed E-state index contributed by atoms with van der Waals surface area (Å²) < 4.78 is 20.1. The van der Waals surface area contributed by atoms with Gasteiger partial charge in [0, 0.05) is 28.9 Å². The van der Waals surface area contributed by atoms with E-state index in [4.69, 9.17) is 9.72 Å². The van der Waals surface area contributed by atoms with E-state index in [1.807, 2.05) is 61.5 Å². The van der Waals surface area contributed by atoms with Crippen LogP contribution in [0.5, 0.6) is 5.75 Å². The summed E-state index contributed by atoms with van der Waals surface area (Å²) in [5.41, 5.74) is 7.63. The number of hydrogen-bond acceptors (Lipinski definition) is 6. The van der Waals surface area contributed by atoms with Crippen molar-refractivity contribution in [3.05, 3.63) is 108 Å². The molecule has 5 aromatic heterocycles. The number of benzene rings is 2. The molecule has 0 fully saturated rings. The third-order valence-corrected chi connectivity index (χ3v) is 6.67. The van der Waals surface area contributed by atoms with Crippen LogP contribution in [0.25, 0.3) is 56.0 Å². The van der Waals surface area contributed by atoms with Gasteiger partial charge < -0.3 is 9.72 Å². The van der Waals surface area contributed by atoms with Crippen molar-refractivity contribution in [3.63, 3.8) is 0 Å². The second-order valence-electron chi connectivity index (χ2n) is 9.53. The van der Waals surface area contributed by atoms with Crippen molar-refractivity contribution in [3.8, 4) is 39.7 Å². The number of nitrogens with zero attached hydrogens (tertiary/aromatic N) is 5. The van der Waals surface area contributed by atoms with Gasteiger partial charge >= 0.3 is 0 Å². The monoisotopic (exact) mass is 527 g/mol. The minimum atomic E-state index is -0.290. The number of aromatic nitrogens is 7. The number of ether oxygens (including phenoxy) is 1. The zero-order valence-corrected chi connectivity index (χ0v) is 21.4. The van der Waals surface area contributed by atoms with Gasteiger partial charge in [0.25, 0.3) is 0 Å². The first-order valence-electron chi connectivity index (χ1n) is 12.7. The number of rotatable bonds is 6. The summed E-state index contributed by atoms with van der Waals surface area (Å²) in [5.74, 6) is 0.908. The van der Waals surface area contributed by atoms with Gasteiger partial charge in [-0.2, -0.15) is 5.10 Å². The normalized spacial score (nSPS) is 11.3. The topological polar surface area (TPSA) is 105 Å². The maximum Gasteiger partial charge on any atom is 0.178 e. The highest BCUT2D eigenvalue weighted by molar-refractivity contribution is 5.96. The summed E-state index contributed by atoms with van der Waals surface area (Å²) in [5, 5.41) is 8.39.